The number of hydrogen-bond donors (Lipinski definition) is 0. The van der Waals surface area contributed by atoms with Gasteiger partial charge in [-0.1, -0.05) is 30.3 Å². The van der Waals surface area contributed by atoms with Gasteiger partial charge in [0.15, 0.2) is 0 Å². The van der Waals surface area contributed by atoms with Crippen LogP contribution in [-0.4, -0.2) is 48.6 Å². The average molecular weight is 276 g/mol. The van der Waals surface area contributed by atoms with Crippen LogP contribution in [0.4, 0.5) is 4.79 Å². The minimum Gasteiger partial charge on any atom is -0.377 e. The standard InChI is InChI=1S/C16H24N2O2/c1-14(18-11-10-17(2)16(18)19)7-6-12-20-13-15-8-4-3-5-9-15/h3-5,8-9,14H,6-7,10-13H2,1-2H3. The highest BCUT2D eigenvalue weighted by Crippen LogP contribution is 2.14. The summed E-state index contributed by atoms with van der Waals surface area (Å²) in [5.74, 6) is 0. The molecule has 0 saturated carbocycles. The first-order valence-corrected chi connectivity index (χ1v) is 7.32. The Hall–Kier alpha value is -1.55. The molecule has 1 aliphatic heterocycles. The zero-order valence-electron chi connectivity index (χ0n) is 12.4. The Balaban J connectivity index is 1.60. The number of likely N-dealkylation sites (N-methyl/N-ethyl adjacent to an activating group) is 1. The van der Waals surface area contributed by atoms with Crippen molar-refractivity contribution in [3.8, 4) is 0 Å². The van der Waals surface area contributed by atoms with E-state index < -0.39 is 0 Å². The molecule has 0 N–H and O–H groups in total. The van der Waals surface area contributed by atoms with Crippen molar-refractivity contribution < 1.29 is 9.53 Å². The Morgan fingerprint density at radius 2 is 2.00 bits per heavy atom. The first-order valence-electron chi connectivity index (χ1n) is 7.32. The molecule has 4 heteroatoms. The summed E-state index contributed by atoms with van der Waals surface area (Å²) in [7, 11) is 1.86. The zero-order valence-corrected chi connectivity index (χ0v) is 12.4. The Morgan fingerprint density at radius 3 is 2.65 bits per heavy atom. The van der Waals surface area contributed by atoms with Crippen molar-refractivity contribution >= 4 is 6.03 Å². The summed E-state index contributed by atoms with van der Waals surface area (Å²) in [6.07, 6.45) is 1.98. The van der Waals surface area contributed by atoms with Crippen molar-refractivity contribution in [3.05, 3.63) is 35.9 Å². The summed E-state index contributed by atoms with van der Waals surface area (Å²) in [5.41, 5.74) is 1.21. The van der Waals surface area contributed by atoms with Crippen LogP contribution < -0.4 is 0 Å². The summed E-state index contributed by atoms with van der Waals surface area (Å²) in [6, 6.07) is 10.7. The summed E-state index contributed by atoms with van der Waals surface area (Å²) in [4.78, 5) is 15.6. The van der Waals surface area contributed by atoms with Gasteiger partial charge >= 0.3 is 6.03 Å². The van der Waals surface area contributed by atoms with Crippen molar-refractivity contribution in [2.24, 2.45) is 0 Å². The van der Waals surface area contributed by atoms with Gasteiger partial charge in [0.2, 0.25) is 0 Å². The molecule has 2 rings (SSSR count). The van der Waals surface area contributed by atoms with E-state index in [0.29, 0.717) is 12.6 Å². The molecule has 0 aliphatic carbocycles. The Morgan fingerprint density at radius 1 is 1.25 bits per heavy atom. The van der Waals surface area contributed by atoms with Crippen LogP contribution in [0.2, 0.25) is 0 Å². The minimum absolute atomic E-state index is 0.155. The van der Waals surface area contributed by atoms with E-state index in [2.05, 4.69) is 19.1 Å². The van der Waals surface area contributed by atoms with Crippen LogP contribution in [0.25, 0.3) is 0 Å². The van der Waals surface area contributed by atoms with Gasteiger partial charge in [-0.3, -0.25) is 0 Å². The fourth-order valence-electron chi connectivity index (χ4n) is 2.48. The third-order valence-corrected chi connectivity index (χ3v) is 3.80. The first kappa shape index (κ1) is 14.9. The maximum Gasteiger partial charge on any atom is 0.320 e. The van der Waals surface area contributed by atoms with E-state index >= 15 is 0 Å². The lowest BCUT2D eigenvalue weighted by atomic mass is 10.1. The van der Waals surface area contributed by atoms with Gasteiger partial charge in [-0.05, 0) is 25.3 Å². The maximum absolute atomic E-state index is 11.8. The van der Waals surface area contributed by atoms with Gasteiger partial charge < -0.3 is 14.5 Å². The largest absolute Gasteiger partial charge is 0.377 e. The molecule has 110 valence electrons. The van der Waals surface area contributed by atoms with Gasteiger partial charge in [-0.15, -0.1) is 0 Å². The molecule has 1 aliphatic rings. The van der Waals surface area contributed by atoms with Crippen LogP contribution in [0.15, 0.2) is 30.3 Å². The van der Waals surface area contributed by atoms with Crippen LogP contribution in [-0.2, 0) is 11.3 Å². The number of benzene rings is 1. The van der Waals surface area contributed by atoms with Gasteiger partial charge in [0.05, 0.1) is 6.61 Å². The SMILES string of the molecule is CC(CCCOCc1ccccc1)N1CCN(C)C1=O. The van der Waals surface area contributed by atoms with E-state index in [1.807, 2.05) is 30.1 Å². The van der Waals surface area contributed by atoms with E-state index in [0.717, 1.165) is 32.5 Å². The Bertz CT molecular complexity index is 422. The molecule has 1 unspecified atom stereocenters. The smallest absolute Gasteiger partial charge is 0.320 e. The highest BCUT2D eigenvalue weighted by atomic mass is 16.5. The number of ether oxygens (including phenoxy) is 1. The summed E-state index contributed by atoms with van der Waals surface area (Å²) in [5, 5.41) is 0. The zero-order chi connectivity index (χ0) is 14.4. The molecule has 1 fully saturated rings. The Kier molecular flexibility index (Phi) is 5.41. The second-order valence-electron chi connectivity index (χ2n) is 5.43. The topological polar surface area (TPSA) is 32.8 Å². The number of nitrogens with zero attached hydrogens (tertiary/aromatic N) is 2. The molecule has 2 amide bonds. The van der Waals surface area contributed by atoms with Gasteiger partial charge in [0.1, 0.15) is 0 Å². The van der Waals surface area contributed by atoms with Crippen LogP contribution in [0.5, 0.6) is 0 Å². The highest BCUT2D eigenvalue weighted by Gasteiger charge is 2.28. The summed E-state index contributed by atoms with van der Waals surface area (Å²) < 4.78 is 5.67. The molecule has 0 spiro atoms. The summed E-state index contributed by atoms with van der Waals surface area (Å²) >= 11 is 0. The maximum atomic E-state index is 11.8. The molecule has 1 aromatic carbocycles. The van der Waals surface area contributed by atoms with E-state index in [4.69, 9.17) is 4.74 Å². The number of hydrogen-bond acceptors (Lipinski definition) is 2. The molecule has 4 nitrogen and oxygen atoms in total. The van der Waals surface area contributed by atoms with Crippen LogP contribution >= 0.6 is 0 Å². The fraction of sp³-hybridized carbons (Fsp3) is 0.562. The third-order valence-electron chi connectivity index (χ3n) is 3.80. The van der Waals surface area contributed by atoms with E-state index in [1.54, 1.807) is 4.90 Å². The quantitative estimate of drug-likeness (QED) is 0.717. The molecule has 20 heavy (non-hydrogen) atoms. The molecule has 0 radical (unpaired) electrons. The number of carbonyl (C=O) groups is 1. The average Bonchev–Trinajstić information content (AvgIpc) is 2.80. The molecule has 0 bridgehead atoms. The molecule has 1 atom stereocenters. The second kappa shape index (κ2) is 7.29. The lowest BCUT2D eigenvalue weighted by Crippen LogP contribution is -2.36. The van der Waals surface area contributed by atoms with Crippen molar-refractivity contribution in [2.75, 3.05) is 26.7 Å². The van der Waals surface area contributed by atoms with Crippen molar-refractivity contribution in [3.63, 3.8) is 0 Å². The minimum atomic E-state index is 0.155. The van der Waals surface area contributed by atoms with Crippen molar-refractivity contribution in [1.82, 2.24) is 9.80 Å². The number of carbonyl (C=O) groups excluding carboxylic acids is 1. The van der Waals surface area contributed by atoms with E-state index in [-0.39, 0.29) is 6.03 Å². The predicted octanol–water partition coefficient (Wildman–Crippen LogP) is 2.74. The fourth-order valence-corrected chi connectivity index (χ4v) is 2.48. The molecular formula is C16H24N2O2. The van der Waals surface area contributed by atoms with Crippen molar-refractivity contribution in [2.45, 2.75) is 32.4 Å². The first-order chi connectivity index (χ1) is 9.68. The van der Waals surface area contributed by atoms with Crippen molar-refractivity contribution in [1.29, 1.82) is 0 Å². The molecule has 1 heterocycles. The molecule has 1 aromatic rings. The van der Waals surface area contributed by atoms with E-state index in [1.165, 1.54) is 5.56 Å². The number of rotatable bonds is 7. The van der Waals surface area contributed by atoms with Gasteiger partial charge in [0, 0.05) is 32.8 Å². The number of urea groups is 1. The van der Waals surface area contributed by atoms with Crippen LogP contribution in [0, 0.1) is 0 Å². The molecular weight excluding hydrogens is 252 g/mol. The second-order valence-corrected chi connectivity index (χ2v) is 5.43. The third kappa shape index (κ3) is 3.97. The summed E-state index contributed by atoms with van der Waals surface area (Å²) in [6.45, 7) is 5.22. The lowest BCUT2D eigenvalue weighted by Gasteiger charge is -2.23. The Labute approximate surface area is 121 Å². The lowest BCUT2D eigenvalue weighted by molar-refractivity contribution is 0.111. The van der Waals surface area contributed by atoms with Gasteiger partial charge in [0.25, 0.3) is 0 Å². The predicted molar refractivity (Wildman–Crippen MR) is 79.5 cm³/mol. The number of amides is 2. The van der Waals surface area contributed by atoms with Gasteiger partial charge in [-0.2, -0.15) is 0 Å². The molecule has 1 saturated heterocycles. The monoisotopic (exact) mass is 276 g/mol. The van der Waals surface area contributed by atoms with Crippen LogP contribution in [0.1, 0.15) is 25.3 Å². The highest BCUT2D eigenvalue weighted by molar-refractivity contribution is 5.76. The normalized spacial score (nSPS) is 16.8. The van der Waals surface area contributed by atoms with Crippen LogP contribution in [0.3, 0.4) is 0 Å². The van der Waals surface area contributed by atoms with E-state index in [9.17, 15) is 4.79 Å². The molecule has 0 aromatic heterocycles. The van der Waals surface area contributed by atoms with Gasteiger partial charge in [-0.25, -0.2) is 4.79 Å².